The summed E-state index contributed by atoms with van der Waals surface area (Å²) in [5.41, 5.74) is 0.962. The van der Waals surface area contributed by atoms with Crippen LogP contribution in [0.4, 0.5) is 4.39 Å². The van der Waals surface area contributed by atoms with Crippen LogP contribution in [0.15, 0.2) is 18.2 Å². The van der Waals surface area contributed by atoms with Gasteiger partial charge in [-0.2, -0.15) is 0 Å². The van der Waals surface area contributed by atoms with Gasteiger partial charge in [0.25, 0.3) is 0 Å². The van der Waals surface area contributed by atoms with Crippen molar-refractivity contribution in [1.82, 2.24) is 4.90 Å². The second-order valence-corrected chi connectivity index (χ2v) is 5.17. The van der Waals surface area contributed by atoms with E-state index in [2.05, 4.69) is 4.90 Å². The van der Waals surface area contributed by atoms with Crippen molar-refractivity contribution in [2.45, 2.75) is 32.6 Å². The quantitative estimate of drug-likeness (QED) is 0.763. The van der Waals surface area contributed by atoms with Gasteiger partial charge in [-0.05, 0) is 37.0 Å². The van der Waals surface area contributed by atoms with Gasteiger partial charge in [0, 0.05) is 19.6 Å². The van der Waals surface area contributed by atoms with Gasteiger partial charge in [-0.1, -0.05) is 6.07 Å². The lowest BCUT2D eigenvalue weighted by Gasteiger charge is -2.35. The molecule has 0 spiro atoms. The van der Waals surface area contributed by atoms with E-state index in [9.17, 15) is 14.4 Å². The number of halogens is 1. The summed E-state index contributed by atoms with van der Waals surface area (Å²) < 4.78 is 18.8. The molecule has 6 heteroatoms. The first kappa shape index (κ1) is 14.5. The Morgan fingerprint density at radius 2 is 1.95 bits per heavy atom. The van der Waals surface area contributed by atoms with Crippen LogP contribution in [-0.2, 0) is 11.3 Å². The molecule has 19 heavy (non-hydrogen) atoms. The predicted molar refractivity (Wildman–Crippen MR) is 71.5 cm³/mol. The molecule has 1 aromatic carbocycles. The third-order valence-electron chi connectivity index (χ3n) is 3.28. The molecule has 4 nitrogen and oxygen atoms in total. The van der Waals surface area contributed by atoms with Crippen LogP contribution in [0.2, 0.25) is 0 Å². The van der Waals surface area contributed by atoms with Crippen molar-refractivity contribution in [1.29, 1.82) is 0 Å². The minimum absolute atomic E-state index is 0.145. The Labute approximate surface area is 113 Å². The van der Waals surface area contributed by atoms with Gasteiger partial charge in [-0.25, -0.2) is 4.39 Å². The van der Waals surface area contributed by atoms with E-state index in [1.807, 2.05) is 13.8 Å². The third kappa shape index (κ3) is 3.76. The van der Waals surface area contributed by atoms with Crippen LogP contribution in [0.1, 0.15) is 19.4 Å². The Bertz CT molecular complexity index is 434. The number of benzene rings is 1. The number of rotatable bonds is 3. The summed E-state index contributed by atoms with van der Waals surface area (Å²) in [6, 6.07) is 4.12. The van der Waals surface area contributed by atoms with Crippen LogP contribution in [0, 0.1) is 5.82 Å². The predicted octanol–water partition coefficient (Wildman–Crippen LogP) is 0.115. The second kappa shape index (κ2) is 6.01. The van der Waals surface area contributed by atoms with Gasteiger partial charge in [0.05, 0.1) is 12.2 Å². The van der Waals surface area contributed by atoms with Crippen LogP contribution in [0.25, 0.3) is 0 Å². The molecular formula is C13H19BFNO3. The lowest BCUT2D eigenvalue weighted by Crippen LogP contribution is -2.46. The molecule has 1 aliphatic heterocycles. The molecule has 2 atom stereocenters. The van der Waals surface area contributed by atoms with E-state index in [1.165, 1.54) is 12.1 Å². The van der Waals surface area contributed by atoms with E-state index in [1.54, 1.807) is 6.07 Å². The minimum Gasteiger partial charge on any atom is -0.423 e. The zero-order valence-corrected chi connectivity index (χ0v) is 11.2. The summed E-state index contributed by atoms with van der Waals surface area (Å²) in [5, 5.41) is 18.6. The van der Waals surface area contributed by atoms with Crippen molar-refractivity contribution >= 4 is 12.6 Å². The molecule has 0 saturated carbocycles. The van der Waals surface area contributed by atoms with Gasteiger partial charge < -0.3 is 14.8 Å². The zero-order valence-electron chi connectivity index (χ0n) is 11.2. The van der Waals surface area contributed by atoms with Crippen molar-refractivity contribution in [3.63, 3.8) is 0 Å². The largest absolute Gasteiger partial charge is 0.488 e. The summed E-state index contributed by atoms with van der Waals surface area (Å²) in [4.78, 5) is 2.18. The highest BCUT2D eigenvalue weighted by molar-refractivity contribution is 6.59. The Kier molecular flexibility index (Phi) is 4.57. The number of hydrogen-bond donors (Lipinski definition) is 2. The Hall–Kier alpha value is -0.945. The standard InChI is InChI=1S/C13H19BFNO3/c1-9-6-16(7-10(2)19-9)8-11-3-4-12(15)5-13(11)14(17)18/h3-5,9-10,17-18H,6-8H2,1-2H3/t9-,10+. The van der Waals surface area contributed by atoms with Crippen LogP contribution < -0.4 is 5.46 Å². The maximum atomic E-state index is 13.2. The molecule has 1 heterocycles. The molecule has 2 rings (SSSR count). The van der Waals surface area contributed by atoms with E-state index in [-0.39, 0.29) is 17.7 Å². The fourth-order valence-corrected chi connectivity index (χ4v) is 2.60. The third-order valence-corrected chi connectivity index (χ3v) is 3.28. The monoisotopic (exact) mass is 267 g/mol. The average molecular weight is 267 g/mol. The first-order chi connectivity index (χ1) is 8.95. The smallest absolute Gasteiger partial charge is 0.423 e. The summed E-state index contributed by atoms with van der Waals surface area (Å²) in [5.74, 6) is -0.462. The average Bonchev–Trinajstić information content (AvgIpc) is 2.30. The van der Waals surface area contributed by atoms with E-state index in [0.29, 0.717) is 6.54 Å². The van der Waals surface area contributed by atoms with Crippen LogP contribution in [0.5, 0.6) is 0 Å². The van der Waals surface area contributed by atoms with Gasteiger partial charge >= 0.3 is 7.12 Å². The summed E-state index contributed by atoms with van der Waals surface area (Å²) >= 11 is 0. The molecule has 0 radical (unpaired) electrons. The van der Waals surface area contributed by atoms with Crippen molar-refractivity contribution in [2.75, 3.05) is 13.1 Å². The maximum absolute atomic E-state index is 13.2. The van der Waals surface area contributed by atoms with Gasteiger partial charge in [0.1, 0.15) is 5.82 Å². The van der Waals surface area contributed by atoms with Crippen molar-refractivity contribution in [3.8, 4) is 0 Å². The Morgan fingerprint density at radius 1 is 1.32 bits per heavy atom. The topological polar surface area (TPSA) is 52.9 Å². The fraction of sp³-hybridized carbons (Fsp3) is 0.538. The molecule has 1 fully saturated rings. The Balaban J connectivity index is 2.14. The zero-order chi connectivity index (χ0) is 14.0. The normalized spacial score (nSPS) is 24.5. The molecule has 0 aromatic heterocycles. The van der Waals surface area contributed by atoms with Crippen LogP contribution in [-0.4, -0.2) is 47.4 Å². The lowest BCUT2D eigenvalue weighted by atomic mass is 9.77. The van der Waals surface area contributed by atoms with Crippen molar-refractivity contribution < 1.29 is 19.2 Å². The molecule has 2 N–H and O–H groups in total. The number of hydrogen-bond acceptors (Lipinski definition) is 4. The number of ether oxygens (including phenoxy) is 1. The highest BCUT2D eigenvalue weighted by Gasteiger charge is 2.24. The first-order valence-electron chi connectivity index (χ1n) is 6.48. The van der Waals surface area contributed by atoms with E-state index in [0.717, 1.165) is 18.7 Å². The SMILES string of the molecule is C[C@@H]1CN(Cc2ccc(F)cc2B(O)O)C[C@H](C)O1. The van der Waals surface area contributed by atoms with E-state index in [4.69, 9.17) is 4.74 Å². The van der Waals surface area contributed by atoms with Gasteiger partial charge in [-0.3, -0.25) is 4.90 Å². The molecule has 1 aliphatic rings. The molecule has 104 valence electrons. The van der Waals surface area contributed by atoms with E-state index >= 15 is 0 Å². The van der Waals surface area contributed by atoms with Crippen molar-refractivity contribution in [2.24, 2.45) is 0 Å². The Morgan fingerprint density at radius 3 is 2.53 bits per heavy atom. The second-order valence-electron chi connectivity index (χ2n) is 5.17. The first-order valence-corrected chi connectivity index (χ1v) is 6.48. The molecular weight excluding hydrogens is 248 g/mol. The number of nitrogens with zero attached hydrogens (tertiary/aromatic N) is 1. The maximum Gasteiger partial charge on any atom is 0.488 e. The molecule has 0 unspecified atom stereocenters. The van der Waals surface area contributed by atoms with Gasteiger partial charge in [-0.15, -0.1) is 0 Å². The highest BCUT2D eigenvalue weighted by atomic mass is 19.1. The van der Waals surface area contributed by atoms with Crippen LogP contribution >= 0.6 is 0 Å². The molecule has 0 aliphatic carbocycles. The lowest BCUT2D eigenvalue weighted by molar-refractivity contribution is -0.0704. The number of morpholine rings is 1. The molecule has 0 amide bonds. The minimum atomic E-state index is -1.65. The highest BCUT2D eigenvalue weighted by Crippen LogP contribution is 2.14. The van der Waals surface area contributed by atoms with Gasteiger partial charge in [0.15, 0.2) is 0 Å². The van der Waals surface area contributed by atoms with E-state index < -0.39 is 12.9 Å². The molecule has 0 bridgehead atoms. The van der Waals surface area contributed by atoms with Crippen LogP contribution in [0.3, 0.4) is 0 Å². The molecule has 1 saturated heterocycles. The summed E-state index contributed by atoms with van der Waals surface area (Å²) in [7, 11) is -1.65. The molecule has 1 aromatic rings. The summed E-state index contributed by atoms with van der Waals surface area (Å²) in [6.45, 7) is 6.14. The van der Waals surface area contributed by atoms with Gasteiger partial charge in [0.2, 0.25) is 0 Å². The fourth-order valence-electron chi connectivity index (χ4n) is 2.60. The summed E-state index contributed by atoms with van der Waals surface area (Å²) in [6.07, 6.45) is 0.290. The van der Waals surface area contributed by atoms with Crippen molar-refractivity contribution in [3.05, 3.63) is 29.6 Å².